The highest BCUT2D eigenvalue weighted by atomic mass is 16.5. The quantitative estimate of drug-likeness (QED) is 0.868. The normalized spacial score (nSPS) is 20.0. The van der Waals surface area contributed by atoms with Gasteiger partial charge in [0.2, 0.25) is 0 Å². The van der Waals surface area contributed by atoms with E-state index in [1.54, 1.807) is 7.11 Å². The lowest BCUT2D eigenvalue weighted by atomic mass is 10.1. The lowest BCUT2D eigenvalue weighted by molar-refractivity contribution is 0.00558. The second-order valence-corrected chi connectivity index (χ2v) is 4.06. The van der Waals surface area contributed by atoms with Crippen LogP contribution in [-0.4, -0.2) is 31.5 Å². The van der Waals surface area contributed by atoms with Crippen molar-refractivity contribution in [2.24, 2.45) is 0 Å². The van der Waals surface area contributed by atoms with Crippen molar-refractivity contribution in [3.05, 3.63) is 23.8 Å². The van der Waals surface area contributed by atoms with Crippen LogP contribution in [-0.2, 0) is 11.3 Å². The van der Waals surface area contributed by atoms with Gasteiger partial charge in [0.05, 0.1) is 20.3 Å². The van der Waals surface area contributed by atoms with Crippen LogP contribution in [0.1, 0.15) is 18.4 Å². The van der Waals surface area contributed by atoms with Crippen LogP contribution >= 0.6 is 0 Å². The summed E-state index contributed by atoms with van der Waals surface area (Å²) in [5.41, 5.74) is 0.745. The van der Waals surface area contributed by atoms with Gasteiger partial charge in [-0.2, -0.15) is 0 Å². The van der Waals surface area contributed by atoms with Crippen molar-refractivity contribution in [3.8, 4) is 11.5 Å². The molecule has 1 aliphatic rings. The molecule has 1 aliphatic heterocycles. The van der Waals surface area contributed by atoms with E-state index in [2.05, 4.69) is 0 Å². The summed E-state index contributed by atoms with van der Waals surface area (Å²) in [5.74, 6) is 1.29. The maximum Gasteiger partial charge on any atom is 0.167 e. The standard InChI is InChI=1S/C13H18O4/c1-15-12-6-2-4-10(8-14)13(12)17-11-5-3-7-16-9-11/h2,4,6,11,14H,3,5,7-9H2,1H3. The van der Waals surface area contributed by atoms with Gasteiger partial charge >= 0.3 is 0 Å². The molecule has 0 amide bonds. The van der Waals surface area contributed by atoms with Gasteiger partial charge in [-0.15, -0.1) is 0 Å². The van der Waals surface area contributed by atoms with Crippen LogP contribution in [0, 0.1) is 0 Å². The van der Waals surface area contributed by atoms with Crippen LogP contribution in [0.15, 0.2) is 18.2 Å². The topological polar surface area (TPSA) is 47.9 Å². The Labute approximate surface area is 101 Å². The molecule has 1 N–H and O–H groups in total. The summed E-state index contributed by atoms with van der Waals surface area (Å²) in [6.45, 7) is 1.35. The van der Waals surface area contributed by atoms with Gasteiger partial charge in [-0.25, -0.2) is 0 Å². The van der Waals surface area contributed by atoms with E-state index in [0.717, 1.165) is 25.0 Å². The lowest BCUT2D eigenvalue weighted by Gasteiger charge is -2.25. The number of para-hydroxylation sites is 1. The molecule has 1 aromatic carbocycles. The molecule has 1 unspecified atom stereocenters. The van der Waals surface area contributed by atoms with Crippen molar-refractivity contribution in [2.45, 2.75) is 25.6 Å². The van der Waals surface area contributed by atoms with Gasteiger partial charge in [-0.3, -0.25) is 0 Å². The molecule has 0 saturated carbocycles. The first-order valence-electron chi connectivity index (χ1n) is 5.86. The summed E-state index contributed by atoms with van der Waals surface area (Å²) in [4.78, 5) is 0. The predicted octanol–water partition coefficient (Wildman–Crippen LogP) is 1.75. The van der Waals surface area contributed by atoms with Crippen LogP contribution in [0.2, 0.25) is 0 Å². The first kappa shape index (κ1) is 12.2. The average Bonchev–Trinajstić information content (AvgIpc) is 2.40. The third kappa shape index (κ3) is 2.90. The van der Waals surface area contributed by atoms with Gasteiger partial charge < -0.3 is 19.3 Å². The van der Waals surface area contributed by atoms with Crippen LogP contribution in [0.3, 0.4) is 0 Å². The smallest absolute Gasteiger partial charge is 0.167 e. The minimum absolute atomic E-state index is 0.0466. The van der Waals surface area contributed by atoms with Crippen molar-refractivity contribution < 1.29 is 19.3 Å². The fourth-order valence-corrected chi connectivity index (χ4v) is 1.95. The summed E-state index contributed by atoms with van der Waals surface area (Å²) in [6, 6.07) is 5.51. The Balaban J connectivity index is 2.16. The summed E-state index contributed by atoms with van der Waals surface area (Å²) in [5, 5.41) is 9.30. The zero-order valence-corrected chi connectivity index (χ0v) is 10.0. The number of benzene rings is 1. The van der Waals surface area contributed by atoms with Crippen molar-refractivity contribution in [1.29, 1.82) is 0 Å². The summed E-state index contributed by atoms with van der Waals surface area (Å²) in [7, 11) is 1.60. The Morgan fingerprint density at radius 1 is 1.47 bits per heavy atom. The first-order valence-corrected chi connectivity index (χ1v) is 5.86. The largest absolute Gasteiger partial charge is 0.493 e. The third-order valence-electron chi connectivity index (χ3n) is 2.85. The number of aliphatic hydroxyl groups excluding tert-OH is 1. The number of hydrogen-bond acceptors (Lipinski definition) is 4. The van der Waals surface area contributed by atoms with Crippen molar-refractivity contribution >= 4 is 0 Å². The molecule has 1 fully saturated rings. The zero-order chi connectivity index (χ0) is 12.1. The van der Waals surface area contributed by atoms with Gasteiger partial charge in [-0.1, -0.05) is 12.1 Å². The highest BCUT2D eigenvalue weighted by Crippen LogP contribution is 2.32. The maximum absolute atomic E-state index is 9.30. The molecular weight excluding hydrogens is 220 g/mol. The van der Waals surface area contributed by atoms with Crippen molar-refractivity contribution in [2.75, 3.05) is 20.3 Å². The van der Waals surface area contributed by atoms with E-state index in [4.69, 9.17) is 14.2 Å². The fraction of sp³-hybridized carbons (Fsp3) is 0.538. The van der Waals surface area contributed by atoms with Gasteiger partial charge in [0.25, 0.3) is 0 Å². The number of ether oxygens (including phenoxy) is 3. The molecular formula is C13H18O4. The highest BCUT2D eigenvalue weighted by Gasteiger charge is 2.19. The van der Waals surface area contributed by atoms with E-state index in [9.17, 15) is 5.11 Å². The Bertz CT molecular complexity index is 336. The Morgan fingerprint density at radius 2 is 2.35 bits per heavy atom. The molecule has 1 atom stereocenters. The van der Waals surface area contributed by atoms with Gasteiger partial charge in [0.1, 0.15) is 6.10 Å². The highest BCUT2D eigenvalue weighted by molar-refractivity contribution is 5.46. The molecule has 1 saturated heterocycles. The molecule has 0 bridgehead atoms. The van der Waals surface area contributed by atoms with E-state index in [-0.39, 0.29) is 12.7 Å². The molecule has 0 radical (unpaired) electrons. The molecule has 0 aliphatic carbocycles. The molecule has 1 aromatic rings. The second-order valence-electron chi connectivity index (χ2n) is 4.06. The van der Waals surface area contributed by atoms with Crippen LogP contribution in [0.5, 0.6) is 11.5 Å². The van der Waals surface area contributed by atoms with Crippen LogP contribution in [0.25, 0.3) is 0 Å². The van der Waals surface area contributed by atoms with E-state index < -0.39 is 0 Å². The average molecular weight is 238 g/mol. The summed E-state index contributed by atoms with van der Waals surface area (Å²) >= 11 is 0. The minimum Gasteiger partial charge on any atom is -0.493 e. The number of hydrogen-bond donors (Lipinski definition) is 1. The zero-order valence-electron chi connectivity index (χ0n) is 10.0. The summed E-state index contributed by atoms with van der Waals surface area (Å²) < 4.78 is 16.5. The fourth-order valence-electron chi connectivity index (χ4n) is 1.95. The Hall–Kier alpha value is -1.26. The van der Waals surface area contributed by atoms with E-state index in [1.807, 2.05) is 18.2 Å². The van der Waals surface area contributed by atoms with E-state index in [1.165, 1.54) is 0 Å². The van der Waals surface area contributed by atoms with Crippen molar-refractivity contribution in [3.63, 3.8) is 0 Å². The van der Waals surface area contributed by atoms with E-state index in [0.29, 0.717) is 18.1 Å². The van der Waals surface area contributed by atoms with Gasteiger partial charge in [-0.05, 0) is 18.9 Å². The number of methoxy groups -OCH3 is 1. The summed E-state index contributed by atoms with van der Waals surface area (Å²) in [6.07, 6.45) is 2.03. The molecule has 94 valence electrons. The molecule has 0 spiro atoms. The van der Waals surface area contributed by atoms with E-state index >= 15 is 0 Å². The molecule has 4 heteroatoms. The number of aliphatic hydroxyl groups is 1. The van der Waals surface area contributed by atoms with Crippen LogP contribution in [0.4, 0.5) is 0 Å². The molecule has 4 nitrogen and oxygen atoms in total. The molecule has 0 aromatic heterocycles. The second kappa shape index (κ2) is 5.89. The third-order valence-corrected chi connectivity index (χ3v) is 2.85. The van der Waals surface area contributed by atoms with Crippen LogP contribution < -0.4 is 9.47 Å². The Morgan fingerprint density at radius 3 is 3.00 bits per heavy atom. The van der Waals surface area contributed by atoms with Gasteiger partial charge in [0, 0.05) is 12.2 Å². The lowest BCUT2D eigenvalue weighted by Crippen LogP contribution is -2.28. The SMILES string of the molecule is COc1cccc(CO)c1OC1CCCOC1. The maximum atomic E-state index is 9.30. The first-order chi connectivity index (χ1) is 8.35. The predicted molar refractivity (Wildman–Crippen MR) is 63.4 cm³/mol. The monoisotopic (exact) mass is 238 g/mol. The van der Waals surface area contributed by atoms with Crippen molar-refractivity contribution in [1.82, 2.24) is 0 Å². The minimum atomic E-state index is -0.0554. The molecule has 1 heterocycles. The van der Waals surface area contributed by atoms with Gasteiger partial charge in [0.15, 0.2) is 11.5 Å². The Kier molecular flexibility index (Phi) is 4.23. The molecule has 17 heavy (non-hydrogen) atoms. The molecule has 2 rings (SSSR count). The number of rotatable bonds is 4.